The zero-order valence-electron chi connectivity index (χ0n) is 9.63. The van der Waals surface area contributed by atoms with E-state index in [9.17, 15) is 0 Å². The number of hydrogen-bond donors (Lipinski definition) is 0. The van der Waals surface area contributed by atoms with Crippen molar-refractivity contribution in [2.45, 2.75) is 23.6 Å². The molecule has 0 spiro atoms. The van der Waals surface area contributed by atoms with Gasteiger partial charge in [0, 0.05) is 18.7 Å². The van der Waals surface area contributed by atoms with Gasteiger partial charge in [0.1, 0.15) is 0 Å². The summed E-state index contributed by atoms with van der Waals surface area (Å²) in [5, 5.41) is 0. The van der Waals surface area contributed by atoms with Gasteiger partial charge in [0.25, 0.3) is 0 Å². The Bertz CT molecular complexity index is 500. The second kappa shape index (κ2) is 5.59. The van der Waals surface area contributed by atoms with E-state index < -0.39 is 0 Å². The lowest BCUT2D eigenvalue weighted by Gasteiger charge is -2.09. The smallest absolute Gasteiger partial charge is 0.0344 e. The molecule has 0 heterocycles. The first-order valence-electron chi connectivity index (χ1n) is 5.27. The van der Waals surface area contributed by atoms with Crippen molar-refractivity contribution in [2.24, 2.45) is 0 Å². The summed E-state index contributed by atoms with van der Waals surface area (Å²) in [6, 6.07) is 12.7. The van der Waals surface area contributed by atoms with Gasteiger partial charge in [-0.1, -0.05) is 36.0 Å². The Morgan fingerprint density at radius 3 is 1.59 bits per heavy atom. The van der Waals surface area contributed by atoms with Gasteiger partial charge in [-0.3, -0.25) is 0 Å². The fourth-order valence-electron chi connectivity index (χ4n) is 1.52. The van der Waals surface area contributed by atoms with Crippen LogP contribution in [0.15, 0.2) is 55.1 Å². The highest BCUT2D eigenvalue weighted by Gasteiger charge is 2.08. The molecule has 2 rings (SSSR count). The number of rotatable bonds is 2. The van der Waals surface area contributed by atoms with E-state index in [0.29, 0.717) is 0 Å². The van der Waals surface area contributed by atoms with Crippen LogP contribution in [0.25, 0.3) is 0 Å². The van der Waals surface area contributed by atoms with Crippen LogP contribution in [0.3, 0.4) is 0 Å². The van der Waals surface area contributed by atoms with E-state index in [2.05, 4.69) is 82.1 Å². The zero-order chi connectivity index (χ0) is 12.4. The quantitative estimate of drug-likeness (QED) is 0.625. The Kier molecular flexibility index (Phi) is 4.34. The van der Waals surface area contributed by atoms with Crippen LogP contribution in [0.5, 0.6) is 0 Å². The molecule has 17 heavy (non-hydrogen) atoms. The first kappa shape index (κ1) is 13.2. The number of benzene rings is 2. The maximum absolute atomic E-state index is 3.64. The van der Waals surface area contributed by atoms with E-state index in [4.69, 9.17) is 0 Å². The normalized spacial score (nSPS) is 10.6. The molecule has 0 fully saturated rings. The predicted octanol–water partition coefficient (Wildman–Crippen LogP) is 5.98. The Balaban J connectivity index is 2.38. The molecule has 0 unspecified atom stereocenters. The van der Waals surface area contributed by atoms with Crippen molar-refractivity contribution >= 4 is 43.6 Å². The van der Waals surface area contributed by atoms with Gasteiger partial charge < -0.3 is 0 Å². The Hall–Kier alpha value is -0.250. The average molecular weight is 372 g/mol. The fraction of sp³-hybridized carbons (Fsp3) is 0.143. The fourth-order valence-corrected chi connectivity index (χ4v) is 3.56. The van der Waals surface area contributed by atoms with E-state index in [1.54, 1.807) is 11.8 Å². The Morgan fingerprint density at radius 1 is 0.765 bits per heavy atom. The Labute approximate surface area is 123 Å². The van der Waals surface area contributed by atoms with E-state index in [-0.39, 0.29) is 0 Å². The second-order valence-electron chi connectivity index (χ2n) is 3.88. The third-order valence-electron chi connectivity index (χ3n) is 2.53. The van der Waals surface area contributed by atoms with Gasteiger partial charge in [0.2, 0.25) is 0 Å². The Morgan fingerprint density at radius 2 is 1.18 bits per heavy atom. The summed E-state index contributed by atoms with van der Waals surface area (Å²) in [4.78, 5) is 2.49. The van der Waals surface area contributed by atoms with E-state index >= 15 is 0 Å². The SMILES string of the molecule is Cc1cccc(Sc2cccc(C)c2Br)c1Br. The maximum atomic E-state index is 3.64. The molecule has 88 valence electrons. The average Bonchev–Trinajstić information content (AvgIpc) is 2.31. The van der Waals surface area contributed by atoms with E-state index in [1.807, 2.05) is 0 Å². The summed E-state index contributed by atoms with van der Waals surface area (Å²) in [6.45, 7) is 4.22. The standard InChI is InChI=1S/C14H12Br2S/c1-9-5-3-7-11(13(9)15)17-12-8-4-6-10(2)14(12)16/h3-8H,1-2H3. The number of hydrogen-bond acceptors (Lipinski definition) is 1. The highest BCUT2D eigenvalue weighted by atomic mass is 79.9. The molecule has 0 aliphatic rings. The molecule has 0 radical (unpaired) electrons. The molecule has 0 amide bonds. The van der Waals surface area contributed by atoms with Crippen molar-refractivity contribution in [1.29, 1.82) is 0 Å². The minimum atomic E-state index is 1.18. The van der Waals surface area contributed by atoms with Crippen molar-refractivity contribution in [3.05, 3.63) is 56.5 Å². The lowest BCUT2D eigenvalue weighted by Crippen LogP contribution is -1.83. The summed E-state index contributed by atoms with van der Waals surface area (Å²) in [6.07, 6.45) is 0. The van der Waals surface area contributed by atoms with Crippen molar-refractivity contribution in [3.63, 3.8) is 0 Å². The lowest BCUT2D eigenvalue weighted by atomic mass is 10.2. The van der Waals surface area contributed by atoms with Gasteiger partial charge in [0.05, 0.1) is 0 Å². The summed E-state index contributed by atoms with van der Waals surface area (Å²) in [5.74, 6) is 0. The highest BCUT2D eigenvalue weighted by molar-refractivity contribution is 9.11. The minimum absolute atomic E-state index is 1.18. The summed E-state index contributed by atoms with van der Waals surface area (Å²) in [7, 11) is 0. The van der Waals surface area contributed by atoms with Crippen LogP contribution in [0.1, 0.15) is 11.1 Å². The molecule has 0 N–H and O–H groups in total. The van der Waals surface area contributed by atoms with Gasteiger partial charge >= 0.3 is 0 Å². The third-order valence-corrected chi connectivity index (χ3v) is 6.28. The minimum Gasteiger partial charge on any atom is -0.0877 e. The van der Waals surface area contributed by atoms with Gasteiger partial charge in [-0.15, -0.1) is 0 Å². The van der Waals surface area contributed by atoms with Crippen LogP contribution in [0.4, 0.5) is 0 Å². The molecular weight excluding hydrogens is 360 g/mol. The predicted molar refractivity (Wildman–Crippen MR) is 81.9 cm³/mol. The van der Waals surface area contributed by atoms with E-state index in [1.165, 1.54) is 29.9 Å². The summed E-state index contributed by atoms with van der Waals surface area (Å²) < 4.78 is 2.36. The number of halogens is 2. The molecule has 0 aliphatic heterocycles. The van der Waals surface area contributed by atoms with Crippen molar-refractivity contribution < 1.29 is 0 Å². The summed E-state index contributed by atoms with van der Waals surface area (Å²) >= 11 is 9.06. The molecule has 0 saturated carbocycles. The molecule has 0 nitrogen and oxygen atoms in total. The topological polar surface area (TPSA) is 0 Å². The largest absolute Gasteiger partial charge is 0.0877 e. The van der Waals surface area contributed by atoms with Gasteiger partial charge in [0.15, 0.2) is 0 Å². The molecule has 2 aromatic rings. The third kappa shape index (κ3) is 2.95. The van der Waals surface area contributed by atoms with Crippen LogP contribution < -0.4 is 0 Å². The molecular formula is C14H12Br2S. The van der Waals surface area contributed by atoms with Crippen molar-refractivity contribution in [3.8, 4) is 0 Å². The van der Waals surface area contributed by atoms with Crippen LogP contribution in [0.2, 0.25) is 0 Å². The zero-order valence-corrected chi connectivity index (χ0v) is 13.6. The molecule has 0 aromatic heterocycles. The monoisotopic (exact) mass is 370 g/mol. The highest BCUT2D eigenvalue weighted by Crippen LogP contribution is 2.39. The molecule has 0 bridgehead atoms. The van der Waals surface area contributed by atoms with Crippen LogP contribution >= 0.6 is 43.6 Å². The summed E-state index contributed by atoms with van der Waals surface area (Å²) in [5.41, 5.74) is 2.53. The second-order valence-corrected chi connectivity index (χ2v) is 6.55. The molecule has 2 aromatic carbocycles. The van der Waals surface area contributed by atoms with Crippen molar-refractivity contribution in [1.82, 2.24) is 0 Å². The molecule has 0 aliphatic carbocycles. The molecule has 3 heteroatoms. The van der Waals surface area contributed by atoms with Gasteiger partial charge in [-0.2, -0.15) is 0 Å². The van der Waals surface area contributed by atoms with Crippen molar-refractivity contribution in [2.75, 3.05) is 0 Å². The lowest BCUT2D eigenvalue weighted by molar-refractivity contribution is 1.27. The maximum Gasteiger partial charge on any atom is 0.0344 e. The van der Waals surface area contributed by atoms with Crippen LogP contribution in [0, 0.1) is 13.8 Å². The molecule has 0 atom stereocenters. The van der Waals surface area contributed by atoms with E-state index in [0.717, 1.165) is 0 Å². The number of aryl methyl sites for hydroxylation is 2. The first-order valence-corrected chi connectivity index (χ1v) is 7.68. The molecule has 0 saturated heterocycles. The van der Waals surface area contributed by atoms with Crippen LogP contribution in [-0.4, -0.2) is 0 Å². The first-order chi connectivity index (χ1) is 8.09. The van der Waals surface area contributed by atoms with Gasteiger partial charge in [-0.25, -0.2) is 0 Å². The van der Waals surface area contributed by atoms with Crippen LogP contribution in [-0.2, 0) is 0 Å². The van der Waals surface area contributed by atoms with Gasteiger partial charge in [-0.05, 0) is 69.0 Å².